The molecule has 2 rings (SSSR count). The van der Waals surface area contributed by atoms with Crippen LogP contribution < -0.4 is 11.1 Å². The minimum atomic E-state index is 0.134. The number of nitrogens with zero attached hydrogens (tertiary/aromatic N) is 1. The average Bonchev–Trinajstić information content (AvgIpc) is 2.38. The molecule has 98 valence electrons. The Kier molecular flexibility index (Phi) is 4.66. The molecule has 4 nitrogen and oxygen atoms in total. The molecule has 17 heavy (non-hydrogen) atoms. The SMILES string of the molecule is NCCCNC(=O)N1CCCC2CCCCC21. The van der Waals surface area contributed by atoms with Gasteiger partial charge in [0.25, 0.3) is 0 Å². The Morgan fingerprint density at radius 1 is 1.24 bits per heavy atom. The molecule has 0 bridgehead atoms. The molecule has 2 unspecified atom stereocenters. The van der Waals surface area contributed by atoms with Gasteiger partial charge in [-0.1, -0.05) is 12.8 Å². The van der Waals surface area contributed by atoms with Crippen molar-refractivity contribution in [2.75, 3.05) is 19.6 Å². The van der Waals surface area contributed by atoms with Crippen molar-refractivity contribution in [2.24, 2.45) is 11.7 Å². The maximum absolute atomic E-state index is 12.1. The minimum absolute atomic E-state index is 0.134. The van der Waals surface area contributed by atoms with Crippen molar-refractivity contribution in [1.29, 1.82) is 0 Å². The normalized spacial score (nSPS) is 28.6. The summed E-state index contributed by atoms with van der Waals surface area (Å²) in [6.45, 7) is 2.30. The largest absolute Gasteiger partial charge is 0.338 e. The molecule has 1 heterocycles. The highest BCUT2D eigenvalue weighted by Crippen LogP contribution is 2.35. The van der Waals surface area contributed by atoms with Crippen LogP contribution in [0, 0.1) is 5.92 Å². The summed E-state index contributed by atoms with van der Waals surface area (Å²) in [6.07, 6.45) is 8.51. The van der Waals surface area contributed by atoms with Crippen LogP contribution in [0.1, 0.15) is 44.9 Å². The summed E-state index contributed by atoms with van der Waals surface area (Å²) in [5.41, 5.74) is 5.43. The second-order valence-electron chi connectivity index (χ2n) is 5.32. The molecule has 0 radical (unpaired) electrons. The van der Waals surface area contributed by atoms with Gasteiger partial charge in [-0.2, -0.15) is 0 Å². The van der Waals surface area contributed by atoms with E-state index in [1.54, 1.807) is 0 Å². The molecule has 3 N–H and O–H groups in total. The fourth-order valence-corrected chi connectivity index (χ4v) is 3.28. The van der Waals surface area contributed by atoms with Gasteiger partial charge in [-0.3, -0.25) is 0 Å². The van der Waals surface area contributed by atoms with Crippen molar-refractivity contribution in [3.05, 3.63) is 0 Å². The number of hydrogen-bond donors (Lipinski definition) is 2. The Morgan fingerprint density at radius 2 is 2.00 bits per heavy atom. The topological polar surface area (TPSA) is 58.4 Å². The van der Waals surface area contributed by atoms with Gasteiger partial charge in [-0.15, -0.1) is 0 Å². The molecule has 4 heteroatoms. The summed E-state index contributed by atoms with van der Waals surface area (Å²) in [4.78, 5) is 14.2. The smallest absolute Gasteiger partial charge is 0.317 e. The lowest BCUT2D eigenvalue weighted by atomic mass is 9.78. The highest BCUT2D eigenvalue weighted by atomic mass is 16.2. The zero-order chi connectivity index (χ0) is 12.1. The number of fused-ring (bicyclic) bond motifs is 1. The Labute approximate surface area is 104 Å². The lowest BCUT2D eigenvalue weighted by Gasteiger charge is -2.44. The van der Waals surface area contributed by atoms with E-state index in [4.69, 9.17) is 5.73 Å². The quantitative estimate of drug-likeness (QED) is 0.736. The van der Waals surface area contributed by atoms with Crippen molar-refractivity contribution < 1.29 is 4.79 Å². The molecule has 1 saturated heterocycles. The van der Waals surface area contributed by atoms with E-state index in [0.29, 0.717) is 19.1 Å². The maximum Gasteiger partial charge on any atom is 0.317 e. The summed E-state index contributed by atoms with van der Waals surface area (Å²) in [7, 11) is 0. The van der Waals surface area contributed by atoms with Crippen molar-refractivity contribution in [3.63, 3.8) is 0 Å². The van der Waals surface area contributed by atoms with Crippen LogP contribution in [0.4, 0.5) is 4.79 Å². The van der Waals surface area contributed by atoms with Crippen molar-refractivity contribution in [2.45, 2.75) is 51.0 Å². The number of nitrogens with one attached hydrogen (secondary N) is 1. The second kappa shape index (κ2) is 6.24. The Balaban J connectivity index is 1.87. The maximum atomic E-state index is 12.1. The summed E-state index contributed by atoms with van der Waals surface area (Å²) < 4.78 is 0. The molecule has 2 amide bonds. The molecule has 0 aromatic carbocycles. The van der Waals surface area contributed by atoms with Crippen LogP contribution >= 0.6 is 0 Å². The number of piperidine rings is 1. The number of hydrogen-bond acceptors (Lipinski definition) is 2. The van der Waals surface area contributed by atoms with Crippen LogP contribution in [-0.2, 0) is 0 Å². The number of carbonyl (C=O) groups is 1. The molecule has 0 spiro atoms. The van der Waals surface area contributed by atoms with Gasteiger partial charge >= 0.3 is 6.03 Å². The van der Waals surface area contributed by atoms with E-state index in [9.17, 15) is 4.79 Å². The van der Waals surface area contributed by atoms with Gasteiger partial charge in [0, 0.05) is 19.1 Å². The molecular formula is C13H25N3O. The lowest BCUT2D eigenvalue weighted by Crippen LogP contribution is -2.53. The summed E-state index contributed by atoms with van der Waals surface area (Å²) in [5, 5.41) is 2.99. The van der Waals surface area contributed by atoms with Crippen LogP contribution in [0.5, 0.6) is 0 Å². The third-order valence-corrected chi connectivity index (χ3v) is 4.16. The summed E-state index contributed by atoms with van der Waals surface area (Å²) in [6, 6.07) is 0.644. The van der Waals surface area contributed by atoms with Crippen LogP contribution in [0.3, 0.4) is 0 Å². The minimum Gasteiger partial charge on any atom is -0.338 e. The first kappa shape index (κ1) is 12.7. The van der Waals surface area contributed by atoms with E-state index < -0.39 is 0 Å². The van der Waals surface area contributed by atoms with Crippen LogP contribution in [0.25, 0.3) is 0 Å². The second-order valence-corrected chi connectivity index (χ2v) is 5.32. The zero-order valence-electron chi connectivity index (χ0n) is 10.7. The third kappa shape index (κ3) is 3.12. The number of urea groups is 1. The van der Waals surface area contributed by atoms with E-state index in [1.165, 1.54) is 38.5 Å². The van der Waals surface area contributed by atoms with E-state index in [0.717, 1.165) is 18.9 Å². The van der Waals surface area contributed by atoms with Gasteiger partial charge in [0.15, 0.2) is 0 Å². The Hall–Kier alpha value is -0.770. The van der Waals surface area contributed by atoms with E-state index in [-0.39, 0.29) is 6.03 Å². The fourth-order valence-electron chi connectivity index (χ4n) is 3.28. The molecular weight excluding hydrogens is 214 g/mol. The summed E-state index contributed by atoms with van der Waals surface area (Å²) >= 11 is 0. The molecule has 2 atom stereocenters. The number of amides is 2. The van der Waals surface area contributed by atoms with Gasteiger partial charge in [-0.05, 0) is 44.6 Å². The number of carbonyl (C=O) groups excluding carboxylic acids is 1. The van der Waals surface area contributed by atoms with Crippen molar-refractivity contribution in [1.82, 2.24) is 10.2 Å². The predicted octanol–water partition coefficient (Wildman–Crippen LogP) is 1.70. The summed E-state index contributed by atoms with van der Waals surface area (Å²) in [5.74, 6) is 0.762. The van der Waals surface area contributed by atoms with Crippen molar-refractivity contribution >= 4 is 6.03 Å². The van der Waals surface area contributed by atoms with E-state index in [1.807, 2.05) is 0 Å². The van der Waals surface area contributed by atoms with Crippen LogP contribution in [0.15, 0.2) is 0 Å². The van der Waals surface area contributed by atoms with Crippen LogP contribution in [-0.4, -0.2) is 36.6 Å². The first-order valence-corrected chi connectivity index (χ1v) is 7.07. The van der Waals surface area contributed by atoms with Crippen molar-refractivity contribution in [3.8, 4) is 0 Å². The zero-order valence-corrected chi connectivity index (χ0v) is 10.7. The van der Waals surface area contributed by atoms with Gasteiger partial charge < -0.3 is 16.0 Å². The van der Waals surface area contributed by atoms with Gasteiger partial charge in [0.05, 0.1) is 0 Å². The first-order valence-electron chi connectivity index (χ1n) is 7.07. The standard InChI is InChI=1S/C13H25N3O/c14-8-4-9-15-13(17)16-10-3-6-11-5-1-2-7-12(11)16/h11-12H,1-10,14H2,(H,15,17). The Bertz CT molecular complexity index is 255. The first-order chi connectivity index (χ1) is 8.33. The molecule has 2 fully saturated rings. The van der Waals surface area contributed by atoms with Gasteiger partial charge in [-0.25, -0.2) is 4.79 Å². The molecule has 0 aromatic rings. The lowest BCUT2D eigenvalue weighted by molar-refractivity contribution is 0.0843. The number of rotatable bonds is 3. The number of likely N-dealkylation sites (tertiary alicyclic amines) is 1. The molecule has 1 aliphatic carbocycles. The molecule has 1 aliphatic heterocycles. The number of nitrogens with two attached hydrogens (primary N) is 1. The van der Waals surface area contributed by atoms with Gasteiger partial charge in [0.1, 0.15) is 0 Å². The molecule has 2 aliphatic rings. The highest BCUT2D eigenvalue weighted by Gasteiger charge is 2.35. The van der Waals surface area contributed by atoms with Gasteiger partial charge in [0.2, 0.25) is 0 Å². The van der Waals surface area contributed by atoms with Crippen LogP contribution in [0.2, 0.25) is 0 Å². The Morgan fingerprint density at radius 3 is 2.82 bits per heavy atom. The average molecular weight is 239 g/mol. The highest BCUT2D eigenvalue weighted by molar-refractivity contribution is 5.74. The fraction of sp³-hybridized carbons (Fsp3) is 0.923. The molecule has 0 aromatic heterocycles. The van der Waals surface area contributed by atoms with E-state index >= 15 is 0 Å². The molecule has 1 saturated carbocycles. The predicted molar refractivity (Wildman–Crippen MR) is 68.8 cm³/mol. The van der Waals surface area contributed by atoms with E-state index in [2.05, 4.69) is 10.2 Å². The third-order valence-electron chi connectivity index (χ3n) is 4.16. The monoisotopic (exact) mass is 239 g/mol.